The summed E-state index contributed by atoms with van der Waals surface area (Å²) < 4.78 is 5.25. The molecule has 0 aromatic heterocycles. The van der Waals surface area contributed by atoms with E-state index in [0.29, 0.717) is 6.61 Å². The van der Waals surface area contributed by atoms with Gasteiger partial charge in [-0.05, 0) is 93.3 Å². The van der Waals surface area contributed by atoms with Gasteiger partial charge in [0.15, 0.2) is 0 Å². The Kier molecular flexibility index (Phi) is 13.2. The largest absolute Gasteiger partial charge is 0.462 e. The maximum atomic E-state index is 11.7. The number of hydrogen-bond acceptors (Lipinski definition) is 3. The normalized spacial score (nSPS) is 31.1. The standard InChI is InChI=1S/C33H60O3Si/c1-5-6-7-9-27-10-14-29(15-11-27)31-18-20-32(21-19-31)30-16-12-28(13-17-30)25-37(3,4)23-8-22-36-33(35)26(2)24-34/h27-32,34H,2,5-25H2,1,3-4H3. The zero-order valence-electron chi connectivity index (χ0n) is 24.8. The lowest BCUT2D eigenvalue weighted by molar-refractivity contribution is -0.139. The van der Waals surface area contributed by atoms with E-state index in [1.165, 1.54) is 115 Å². The van der Waals surface area contributed by atoms with Crippen LogP contribution >= 0.6 is 0 Å². The van der Waals surface area contributed by atoms with Gasteiger partial charge in [0.2, 0.25) is 0 Å². The molecule has 0 aromatic rings. The summed E-state index contributed by atoms with van der Waals surface area (Å²) in [7, 11) is -1.27. The molecule has 1 N–H and O–H groups in total. The van der Waals surface area contributed by atoms with Crippen LogP contribution in [0, 0.1) is 35.5 Å². The number of aliphatic hydroxyl groups is 1. The van der Waals surface area contributed by atoms with Crippen molar-refractivity contribution >= 4 is 14.0 Å². The highest BCUT2D eigenvalue weighted by molar-refractivity contribution is 6.77. The van der Waals surface area contributed by atoms with E-state index in [1.54, 1.807) is 0 Å². The summed E-state index contributed by atoms with van der Waals surface area (Å²) in [6, 6.07) is 2.65. The predicted octanol–water partition coefficient (Wildman–Crippen LogP) is 9.18. The molecule has 214 valence electrons. The SMILES string of the molecule is C=C(CO)C(=O)OCCC[Si](C)(C)CC1CCC(C2CCC(C3CCC(CCCCC)CC3)CC2)CC1. The van der Waals surface area contributed by atoms with Gasteiger partial charge in [0, 0.05) is 8.07 Å². The molecule has 0 radical (unpaired) electrons. The molecular weight excluding hydrogens is 472 g/mol. The summed E-state index contributed by atoms with van der Waals surface area (Å²) >= 11 is 0. The first-order chi connectivity index (χ1) is 17.8. The van der Waals surface area contributed by atoms with Crippen LogP contribution in [0.2, 0.25) is 25.2 Å². The van der Waals surface area contributed by atoms with E-state index in [-0.39, 0.29) is 12.2 Å². The number of carbonyl (C=O) groups excluding carboxylic acids is 1. The Morgan fingerprint density at radius 2 is 1.27 bits per heavy atom. The van der Waals surface area contributed by atoms with Crippen LogP contribution in [0.15, 0.2) is 12.2 Å². The third-order valence-corrected chi connectivity index (χ3v) is 14.1. The fraction of sp³-hybridized carbons (Fsp3) is 0.909. The number of esters is 1. The molecule has 37 heavy (non-hydrogen) atoms. The zero-order chi connectivity index (χ0) is 26.7. The van der Waals surface area contributed by atoms with Crippen LogP contribution in [0.5, 0.6) is 0 Å². The van der Waals surface area contributed by atoms with Crippen LogP contribution in [-0.2, 0) is 9.53 Å². The Hall–Kier alpha value is -0.613. The van der Waals surface area contributed by atoms with Crippen LogP contribution in [0.4, 0.5) is 0 Å². The molecule has 0 aromatic carbocycles. The van der Waals surface area contributed by atoms with Crippen LogP contribution in [0.3, 0.4) is 0 Å². The molecule has 3 fully saturated rings. The molecule has 0 heterocycles. The van der Waals surface area contributed by atoms with Crippen molar-refractivity contribution in [2.75, 3.05) is 13.2 Å². The summed E-state index contributed by atoms with van der Waals surface area (Å²) in [5.74, 6) is 5.68. The second-order valence-corrected chi connectivity index (χ2v) is 19.3. The quantitative estimate of drug-likeness (QED) is 0.105. The van der Waals surface area contributed by atoms with Crippen molar-refractivity contribution in [3.05, 3.63) is 12.2 Å². The zero-order valence-corrected chi connectivity index (χ0v) is 25.8. The minimum atomic E-state index is -1.27. The number of aliphatic hydroxyl groups excluding tert-OH is 1. The molecule has 0 aliphatic heterocycles. The number of ether oxygens (including phenoxy) is 1. The second-order valence-electron chi connectivity index (χ2n) is 14.1. The molecule has 3 rings (SSSR count). The maximum absolute atomic E-state index is 11.7. The summed E-state index contributed by atoms with van der Waals surface area (Å²) in [6.45, 7) is 11.1. The topological polar surface area (TPSA) is 46.5 Å². The van der Waals surface area contributed by atoms with E-state index < -0.39 is 14.0 Å². The third kappa shape index (κ3) is 10.5. The van der Waals surface area contributed by atoms with E-state index in [9.17, 15) is 4.79 Å². The molecule has 0 saturated heterocycles. The average Bonchev–Trinajstić information content (AvgIpc) is 2.91. The minimum Gasteiger partial charge on any atom is -0.462 e. The van der Waals surface area contributed by atoms with Crippen LogP contribution in [0.25, 0.3) is 0 Å². The summed E-state index contributed by atoms with van der Waals surface area (Å²) in [5, 5.41) is 8.98. The van der Waals surface area contributed by atoms with Gasteiger partial charge in [0.25, 0.3) is 0 Å². The van der Waals surface area contributed by atoms with Crippen LogP contribution in [0.1, 0.15) is 116 Å². The van der Waals surface area contributed by atoms with Gasteiger partial charge in [-0.2, -0.15) is 0 Å². The second kappa shape index (κ2) is 15.8. The first kappa shape index (κ1) is 30.9. The van der Waals surface area contributed by atoms with E-state index in [4.69, 9.17) is 9.84 Å². The van der Waals surface area contributed by atoms with Gasteiger partial charge in [-0.3, -0.25) is 0 Å². The highest BCUT2D eigenvalue weighted by atomic mass is 28.3. The summed E-state index contributed by atoms with van der Waals surface area (Å²) in [6.07, 6.45) is 24.9. The lowest BCUT2D eigenvalue weighted by Crippen LogP contribution is -2.33. The van der Waals surface area contributed by atoms with Gasteiger partial charge in [0.1, 0.15) is 0 Å². The van der Waals surface area contributed by atoms with Crippen molar-refractivity contribution in [3.63, 3.8) is 0 Å². The van der Waals surface area contributed by atoms with Gasteiger partial charge in [-0.25, -0.2) is 4.79 Å². The Bertz CT molecular complexity index is 665. The number of hydrogen-bond donors (Lipinski definition) is 1. The van der Waals surface area contributed by atoms with Gasteiger partial charge in [-0.15, -0.1) is 0 Å². The van der Waals surface area contributed by atoms with E-state index in [0.717, 1.165) is 41.9 Å². The van der Waals surface area contributed by atoms with E-state index >= 15 is 0 Å². The first-order valence-corrected chi connectivity index (χ1v) is 19.7. The molecule has 0 spiro atoms. The fourth-order valence-corrected chi connectivity index (χ4v) is 11.6. The summed E-state index contributed by atoms with van der Waals surface area (Å²) in [4.78, 5) is 11.7. The molecular formula is C33H60O3Si. The van der Waals surface area contributed by atoms with Crippen molar-refractivity contribution in [1.29, 1.82) is 0 Å². The van der Waals surface area contributed by atoms with Crippen LogP contribution in [-0.4, -0.2) is 32.4 Å². The Morgan fingerprint density at radius 3 is 1.76 bits per heavy atom. The molecule has 0 amide bonds. The number of carbonyl (C=O) groups is 1. The molecule has 3 aliphatic carbocycles. The van der Waals surface area contributed by atoms with Gasteiger partial charge < -0.3 is 9.84 Å². The van der Waals surface area contributed by atoms with Gasteiger partial charge in [-0.1, -0.05) is 90.1 Å². The Labute approximate surface area is 230 Å². The average molecular weight is 533 g/mol. The number of unbranched alkanes of at least 4 members (excludes halogenated alkanes) is 2. The van der Waals surface area contributed by atoms with Crippen molar-refractivity contribution in [2.24, 2.45) is 35.5 Å². The highest BCUT2D eigenvalue weighted by Crippen LogP contribution is 2.47. The van der Waals surface area contributed by atoms with E-state index in [2.05, 4.69) is 26.6 Å². The van der Waals surface area contributed by atoms with Crippen molar-refractivity contribution in [2.45, 2.75) is 141 Å². The van der Waals surface area contributed by atoms with Crippen molar-refractivity contribution in [3.8, 4) is 0 Å². The predicted molar refractivity (Wildman–Crippen MR) is 159 cm³/mol. The molecule has 3 nitrogen and oxygen atoms in total. The highest BCUT2D eigenvalue weighted by Gasteiger charge is 2.35. The third-order valence-electron chi connectivity index (χ3n) is 10.7. The molecule has 3 saturated carbocycles. The summed E-state index contributed by atoms with van der Waals surface area (Å²) in [5.41, 5.74) is 0.155. The lowest BCUT2D eigenvalue weighted by atomic mass is 9.65. The van der Waals surface area contributed by atoms with Crippen molar-refractivity contribution < 1.29 is 14.6 Å². The maximum Gasteiger partial charge on any atom is 0.335 e. The van der Waals surface area contributed by atoms with Gasteiger partial charge >= 0.3 is 5.97 Å². The minimum absolute atomic E-state index is 0.155. The first-order valence-electron chi connectivity index (χ1n) is 16.3. The molecule has 3 aliphatic rings. The lowest BCUT2D eigenvalue weighted by Gasteiger charge is -2.42. The Balaban J connectivity index is 1.28. The smallest absolute Gasteiger partial charge is 0.335 e. The van der Waals surface area contributed by atoms with Gasteiger partial charge in [0.05, 0.1) is 18.8 Å². The molecule has 0 unspecified atom stereocenters. The van der Waals surface area contributed by atoms with E-state index in [1.807, 2.05) is 0 Å². The van der Waals surface area contributed by atoms with Crippen molar-refractivity contribution in [1.82, 2.24) is 0 Å². The molecule has 0 atom stereocenters. The fourth-order valence-electron chi connectivity index (χ4n) is 8.35. The number of rotatable bonds is 14. The monoisotopic (exact) mass is 532 g/mol. The molecule has 4 heteroatoms. The van der Waals surface area contributed by atoms with Crippen LogP contribution < -0.4 is 0 Å². The molecule has 0 bridgehead atoms. The Morgan fingerprint density at radius 1 is 0.784 bits per heavy atom.